The minimum atomic E-state index is 0.0408. The summed E-state index contributed by atoms with van der Waals surface area (Å²) >= 11 is 0. The molecule has 0 spiro atoms. The minimum Gasteiger partial charge on any atom is -0.496 e. The lowest BCUT2D eigenvalue weighted by molar-refractivity contribution is 0.0597. The van der Waals surface area contributed by atoms with Gasteiger partial charge in [-0.3, -0.25) is 9.69 Å². The molecule has 0 bridgehead atoms. The lowest BCUT2D eigenvalue weighted by Gasteiger charge is -2.40. The number of piperazine rings is 1. The van der Waals surface area contributed by atoms with Crippen molar-refractivity contribution in [2.45, 2.75) is 38.8 Å². The Balaban J connectivity index is 1.26. The summed E-state index contributed by atoms with van der Waals surface area (Å²) in [7, 11) is 1.65. The molecule has 0 unspecified atom stereocenters. The van der Waals surface area contributed by atoms with E-state index in [4.69, 9.17) is 9.47 Å². The number of carbonyl (C=O) groups excluding carboxylic acids is 1. The third kappa shape index (κ3) is 6.80. The van der Waals surface area contributed by atoms with E-state index in [0.717, 1.165) is 24.4 Å². The van der Waals surface area contributed by atoms with Crippen LogP contribution in [0.25, 0.3) is 0 Å². The monoisotopic (exact) mass is 548 g/mol. The molecular formula is C36H40N2O3. The van der Waals surface area contributed by atoms with Gasteiger partial charge in [-0.1, -0.05) is 93.6 Å². The van der Waals surface area contributed by atoms with Gasteiger partial charge in [0.25, 0.3) is 5.91 Å². The van der Waals surface area contributed by atoms with Crippen molar-refractivity contribution >= 4 is 5.91 Å². The zero-order valence-electron chi connectivity index (χ0n) is 24.5. The van der Waals surface area contributed by atoms with Crippen LogP contribution in [0.15, 0.2) is 103 Å². The molecule has 0 aliphatic carbocycles. The average molecular weight is 549 g/mol. The predicted octanol–water partition coefficient (Wildman–Crippen LogP) is 7.12. The van der Waals surface area contributed by atoms with Gasteiger partial charge in [-0.2, -0.15) is 0 Å². The quantitative estimate of drug-likeness (QED) is 0.235. The maximum Gasteiger partial charge on any atom is 0.253 e. The Bertz CT molecular complexity index is 1380. The molecule has 212 valence electrons. The highest BCUT2D eigenvalue weighted by Crippen LogP contribution is 2.30. The van der Waals surface area contributed by atoms with Crippen LogP contribution < -0.4 is 9.47 Å². The molecule has 0 aromatic heterocycles. The third-order valence-electron chi connectivity index (χ3n) is 7.84. The van der Waals surface area contributed by atoms with Gasteiger partial charge in [-0.15, -0.1) is 0 Å². The Morgan fingerprint density at radius 3 is 1.90 bits per heavy atom. The number of nitrogens with zero attached hydrogens (tertiary/aromatic N) is 2. The lowest BCUT2D eigenvalue weighted by Crippen LogP contribution is -2.49. The van der Waals surface area contributed by atoms with E-state index in [2.05, 4.69) is 98.5 Å². The Kier molecular flexibility index (Phi) is 8.75. The summed E-state index contributed by atoms with van der Waals surface area (Å²) in [4.78, 5) is 18.0. The van der Waals surface area contributed by atoms with Crippen molar-refractivity contribution < 1.29 is 14.3 Å². The van der Waals surface area contributed by atoms with Crippen LogP contribution in [-0.4, -0.2) is 49.0 Å². The summed E-state index contributed by atoms with van der Waals surface area (Å²) in [6.45, 7) is 9.86. The van der Waals surface area contributed by atoms with Gasteiger partial charge >= 0.3 is 0 Å². The normalized spacial score (nSPS) is 14.2. The highest BCUT2D eigenvalue weighted by molar-refractivity contribution is 5.94. The molecular weight excluding hydrogens is 508 g/mol. The smallest absolute Gasteiger partial charge is 0.253 e. The van der Waals surface area contributed by atoms with E-state index in [9.17, 15) is 4.79 Å². The van der Waals surface area contributed by atoms with Crippen LogP contribution in [-0.2, 0) is 12.0 Å². The first-order valence-electron chi connectivity index (χ1n) is 14.4. The molecule has 1 saturated heterocycles. The number of methoxy groups -OCH3 is 1. The average Bonchev–Trinajstić information content (AvgIpc) is 3.01. The van der Waals surface area contributed by atoms with E-state index in [0.29, 0.717) is 31.0 Å². The first-order chi connectivity index (χ1) is 19.8. The number of benzene rings is 4. The summed E-state index contributed by atoms with van der Waals surface area (Å²) in [5, 5.41) is 0. The van der Waals surface area contributed by atoms with Gasteiger partial charge in [0.05, 0.1) is 13.2 Å². The van der Waals surface area contributed by atoms with Crippen molar-refractivity contribution in [3.63, 3.8) is 0 Å². The van der Waals surface area contributed by atoms with Gasteiger partial charge < -0.3 is 14.4 Å². The maximum absolute atomic E-state index is 13.6. The first kappa shape index (κ1) is 28.4. The van der Waals surface area contributed by atoms with Crippen molar-refractivity contribution in [1.82, 2.24) is 9.80 Å². The van der Waals surface area contributed by atoms with Gasteiger partial charge in [-0.05, 0) is 52.4 Å². The SMILES string of the molecule is COc1ccc(C(=O)N2CCN(C(c3ccccc3)c3ccccc3)CC2)cc1COc1ccc(C(C)(C)C)cc1. The molecule has 4 aromatic carbocycles. The van der Waals surface area contributed by atoms with Crippen molar-refractivity contribution in [3.05, 3.63) is 131 Å². The summed E-state index contributed by atoms with van der Waals surface area (Å²) < 4.78 is 11.7. The Morgan fingerprint density at radius 2 is 1.37 bits per heavy atom. The molecule has 0 radical (unpaired) electrons. The molecule has 1 aliphatic heterocycles. The second-order valence-electron chi connectivity index (χ2n) is 11.6. The summed E-state index contributed by atoms with van der Waals surface area (Å²) in [6.07, 6.45) is 0. The van der Waals surface area contributed by atoms with Gasteiger partial charge in [0.2, 0.25) is 0 Å². The number of carbonyl (C=O) groups is 1. The zero-order chi connectivity index (χ0) is 28.8. The lowest BCUT2D eigenvalue weighted by atomic mass is 9.87. The maximum atomic E-state index is 13.6. The second-order valence-corrected chi connectivity index (χ2v) is 11.6. The van der Waals surface area contributed by atoms with E-state index in [1.165, 1.54) is 16.7 Å². The molecule has 0 atom stereocenters. The van der Waals surface area contributed by atoms with Crippen LogP contribution in [0.2, 0.25) is 0 Å². The molecule has 5 rings (SSSR count). The van der Waals surface area contributed by atoms with Crippen molar-refractivity contribution in [1.29, 1.82) is 0 Å². The van der Waals surface area contributed by atoms with Crippen LogP contribution >= 0.6 is 0 Å². The minimum absolute atomic E-state index is 0.0408. The van der Waals surface area contributed by atoms with Crippen molar-refractivity contribution in [3.8, 4) is 11.5 Å². The van der Waals surface area contributed by atoms with Gasteiger partial charge in [0.15, 0.2) is 0 Å². The third-order valence-corrected chi connectivity index (χ3v) is 7.84. The van der Waals surface area contributed by atoms with Crippen LogP contribution in [0.3, 0.4) is 0 Å². The van der Waals surface area contributed by atoms with Crippen LogP contribution in [0.5, 0.6) is 11.5 Å². The highest BCUT2D eigenvalue weighted by atomic mass is 16.5. The number of hydrogen-bond donors (Lipinski definition) is 0. The molecule has 1 fully saturated rings. The highest BCUT2D eigenvalue weighted by Gasteiger charge is 2.29. The van der Waals surface area contributed by atoms with Gasteiger partial charge in [0, 0.05) is 37.3 Å². The fourth-order valence-corrected chi connectivity index (χ4v) is 5.49. The Hall–Kier alpha value is -4.09. The topological polar surface area (TPSA) is 42.0 Å². The molecule has 4 aromatic rings. The van der Waals surface area contributed by atoms with E-state index < -0.39 is 0 Å². The van der Waals surface area contributed by atoms with E-state index in [1.807, 2.05) is 35.2 Å². The molecule has 5 heteroatoms. The fourth-order valence-electron chi connectivity index (χ4n) is 5.49. The standard InChI is InChI=1S/C36H40N2O3/c1-36(2,3)31-16-18-32(19-17-31)41-26-30-25-29(15-20-33(30)40-4)35(39)38-23-21-37(22-24-38)34(27-11-7-5-8-12-27)28-13-9-6-10-14-28/h5-20,25,34H,21-24,26H2,1-4H3. The van der Waals surface area contributed by atoms with Crippen molar-refractivity contribution in [2.75, 3.05) is 33.3 Å². The molecule has 1 amide bonds. The number of hydrogen-bond acceptors (Lipinski definition) is 4. The fraction of sp³-hybridized carbons (Fsp3) is 0.306. The van der Waals surface area contributed by atoms with E-state index >= 15 is 0 Å². The second kappa shape index (κ2) is 12.6. The summed E-state index contributed by atoms with van der Waals surface area (Å²) in [5.41, 5.74) is 5.40. The van der Waals surface area contributed by atoms with Gasteiger partial charge in [0.1, 0.15) is 18.1 Å². The van der Waals surface area contributed by atoms with E-state index in [-0.39, 0.29) is 17.4 Å². The molecule has 1 aliphatic rings. The molecule has 1 heterocycles. The zero-order valence-corrected chi connectivity index (χ0v) is 24.5. The van der Waals surface area contributed by atoms with Crippen LogP contribution in [0.4, 0.5) is 0 Å². The summed E-state index contributed by atoms with van der Waals surface area (Å²) in [6, 6.07) is 35.2. The Labute approximate surface area is 244 Å². The number of ether oxygens (including phenoxy) is 2. The largest absolute Gasteiger partial charge is 0.496 e. The van der Waals surface area contributed by atoms with Gasteiger partial charge in [-0.25, -0.2) is 0 Å². The molecule has 5 nitrogen and oxygen atoms in total. The Morgan fingerprint density at radius 1 is 0.780 bits per heavy atom. The first-order valence-corrected chi connectivity index (χ1v) is 14.4. The molecule has 0 saturated carbocycles. The van der Waals surface area contributed by atoms with Crippen LogP contribution in [0, 0.1) is 0 Å². The number of amides is 1. The van der Waals surface area contributed by atoms with Crippen molar-refractivity contribution in [2.24, 2.45) is 0 Å². The molecule has 41 heavy (non-hydrogen) atoms. The molecule has 0 N–H and O–H groups in total. The summed E-state index contributed by atoms with van der Waals surface area (Å²) in [5.74, 6) is 1.55. The predicted molar refractivity (Wildman–Crippen MR) is 165 cm³/mol. The number of rotatable bonds is 8. The van der Waals surface area contributed by atoms with Crippen LogP contribution in [0.1, 0.15) is 59.4 Å². The van der Waals surface area contributed by atoms with E-state index in [1.54, 1.807) is 7.11 Å².